The summed E-state index contributed by atoms with van der Waals surface area (Å²) in [5, 5.41) is 0. The van der Waals surface area contributed by atoms with Crippen molar-refractivity contribution in [1.29, 1.82) is 0 Å². The lowest BCUT2D eigenvalue weighted by atomic mass is 10.1. The van der Waals surface area contributed by atoms with Crippen molar-refractivity contribution >= 4 is 5.97 Å². The van der Waals surface area contributed by atoms with E-state index >= 15 is 0 Å². The molecule has 0 amide bonds. The minimum absolute atomic E-state index is 0.121. The number of esters is 1. The molecular formula is C10H20N2O2. The zero-order valence-electron chi connectivity index (χ0n) is 9.49. The van der Waals surface area contributed by atoms with Crippen LogP contribution in [0.3, 0.4) is 0 Å². The Bertz CT molecular complexity index is 208. The number of ether oxygens (including phenoxy) is 1. The summed E-state index contributed by atoms with van der Waals surface area (Å²) in [5.41, 5.74) is 0. The van der Waals surface area contributed by atoms with Crippen molar-refractivity contribution in [3.05, 3.63) is 0 Å². The van der Waals surface area contributed by atoms with Crippen LogP contribution in [-0.2, 0) is 9.53 Å². The van der Waals surface area contributed by atoms with E-state index < -0.39 is 0 Å². The van der Waals surface area contributed by atoms with Crippen LogP contribution in [0.5, 0.6) is 0 Å². The second kappa shape index (κ2) is 4.75. The van der Waals surface area contributed by atoms with Crippen molar-refractivity contribution in [3.8, 4) is 0 Å². The van der Waals surface area contributed by atoms with Crippen LogP contribution >= 0.6 is 0 Å². The van der Waals surface area contributed by atoms with Gasteiger partial charge < -0.3 is 9.64 Å². The summed E-state index contributed by atoms with van der Waals surface area (Å²) >= 11 is 0. The molecule has 0 spiro atoms. The Labute approximate surface area is 85.8 Å². The van der Waals surface area contributed by atoms with Gasteiger partial charge in [0.1, 0.15) is 0 Å². The molecule has 1 fully saturated rings. The zero-order valence-corrected chi connectivity index (χ0v) is 9.49. The van der Waals surface area contributed by atoms with E-state index in [0.717, 1.165) is 13.1 Å². The van der Waals surface area contributed by atoms with E-state index in [9.17, 15) is 4.79 Å². The van der Waals surface area contributed by atoms with Gasteiger partial charge in [-0.2, -0.15) is 0 Å². The van der Waals surface area contributed by atoms with Crippen LogP contribution in [0.25, 0.3) is 0 Å². The molecule has 0 aliphatic carbocycles. The van der Waals surface area contributed by atoms with Gasteiger partial charge in [0.2, 0.25) is 0 Å². The fourth-order valence-corrected chi connectivity index (χ4v) is 1.99. The van der Waals surface area contributed by atoms with Crippen LogP contribution in [0.2, 0.25) is 0 Å². The highest BCUT2D eigenvalue weighted by molar-refractivity contribution is 5.69. The molecule has 0 radical (unpaired) electrons. The summed E-state index contributed by atoms with van der Waals surface area (Å²) in [6, 6.07) is 0.791. The van der Waals surface area contributed by atoms with Gasteiger partial charge in [-0.25, -0.2) is 0 Å². The molecule has 0 saturated carbocycles. The molecular weight excluding hydrogens is 180 g/mol. The van der Waals surface area contributed by atoms with Crippen LogP contribution in [0.1, 0.15) is 13.3 Å². The van der Waals surface area contributed by atoms with Crippen molar-refractivity contribution in [2.24, 2.45) is 0 Å². The van der Waals surface area contributed by atoms with E-state index in [1.807, 2.05) is 0 Å². The van der Waals surface area contributed by atoms with Crippen LogP contribution in [0, 0.1) is 0 Å². The molecule has 2 atom stereocenters. The topological polar surface area (TPSA) is 32.8 Å². The van der Waals surface area contributed by atoms with Gasteiger partial charge in [-0.3, -0.25) is 9.69 Å². The molecule has 4 nitrogen and oxygen atoms in total. The second-order valence-electron chi connectivity index (χ2n) is 4.17. The monoisotopic (exact) mass is 200 g/mol. The molecule has 1 aliphatic heterocycles. The number of carbonyl (C=O) groups excluding carboxylic acids is 1. The highest BCUT2D eigenvalue weighted by atomic mass is 16.5. The van der Waals surface area contributed by atoms with E-state index in [1.165, 1.54) is 7.11 Å². The molecule has 1 aliphatic rings. The maximum absolute atomic E-state index is 11.2. The molecule has 0 N–H and O–H groups in total. The summed E-state index contributed by atoms with van der Waals surface area (Å²) < 4.78 is 4.69. The Balaban J connectivity index is 2.53. The molecule has 4 heteroatoms. The molecule has 1 saturated heterocycles. The SMILES string of the molecule is COC(=O)CC1CN(C)CC(C)N1C. The van der Waals surface area contributed by atoms with E-state index in [2.05, 4.69) is 35.6 Å². The van der Waals surface area contributed by atoms with Crippen LogP contribution in [0.15, 0.2) is 0 Å². The van der Waals surface area contributed by atoms with Gasteiger partial charge in [0.05, 0.1) is 13.5 Å². The summed E-state index contributed by atoms with van der Waals surface area (Å²) in [7, 11) is 5.61. The van der Waals surface area contributed by atoms with E-state index in [-0.39, 0.29) is 12.0 Å². The third-order valence-corrected chi connectivity index (χ3v) is 3.00. The molecule has 82 valence electrons. The molecule has 1 heterocycles. The predicted octanol–water partition coefficient (Wildman–Crippen LogP) is 0.184. The van der Waals surface area contributed by atoms with Crippen molar-refractivity contribution in [1.82, 2.24) is 9.80 Å². The summed E-state index contributed by atoms with van der Waals surface area (Å²) in [5.74, 6) is -0.121. The van der Waals surface area contributed by atoms with Crippen LogP contribution < -0.4 is 0 Å². The normalized spacial score (nSPS) is 30.3. The Morgan fingerprint density at radius 1 is 1.43 bits per heavy atom. The van der Waals surface area contributed by atoms with Gasteiger partial charge in [-0.15, -0.1) is 0 Å². The van der Waals surface area contributed by atoms with Crippen molar-refractivity contribution in [2.45, 2.75) is 25.4 Å². The first-order valence-corrected chi connectivity index (χ1v) is 5.02. The minimum atomic E-state index is -0.121. The van der Waals surface area contributed by atoms with Gasteiger partial charge in [0, 0.05) is 25.2 Å². The fourth-order valence-electron chi connectivity index (χ4n) is 1.99. The average Bonchev–Trinajstić information content (AvgIpc) is 2.13. The standard InChI is InChI=1S/C10H20N2O2/c1-8-6-11(2)7-9(12(8)3)5-10(13)14-4/h8-9H,5-7H2,1-4H3. The lowest BCUT2D eigenvalue weighted by molar-refractivity contribution is -0.142. The Hall–Kier alpha value is -0.610. The third-order valence-electron chi connectivity index (χ3n) is 3.00. The van der Waals surface area contributed by atoms with Crippen molar-refractivity contribution in [3.63, 3.8) is 0 Å². The first-order chi connectivity index (χ1) is 6.54. The predicted molar refractivity (Wildman–Crippen MR) is 55.1 cm³/mol. The number of nitrogens with zero attached hydrogens (tertiary/aromatic N) is 2. The van der Waals surface area contributed by atoms with Gasteiger partial charge in [0.25, 0.3) is 0 Å². The number of likely N-dealkylation sites (N-methyl/N-ethyl adjacent to an activating group) is 2. The zero-order chi connectivity index (χ0) is 10.7. The maximum atomic E-state index is 11.2. The molecule has 0 aromatic rings. The number of methoxy groups -OCH3 is 1. The number of carbonyl (C=O) groups is 1. The van der Waals surface area contributed by atoms with Crippen LogP contribution in [0.4, 0.5) is 0 Å². The van der Waals surface area contributed by atoms with Crippen molar-refractivity contribution < 1.29 is 9.53 Å². The number of hydrogen-bond acceptors (Lipinski definition) is 4. The maximum Gasteiger partial charge on any atom is 0.307 e. The number of hydrogen-bond donors (Lipinski definition) is 0. The van der Waals surface area contributed by atoms with Gasteiger partial charge in [-0.05, 0) is 21.0 Å². The Kier molecular flexibility index (Phi) is 3.89. The smallest absolute Gasteiger partial charge is 0.307 e. The molecule has 0 bridgehead atoms. The largest absolute Gasteiger partial charge is 0.469 e. The van der Waals surface area contributed by atoms with E-state index in [1.54, 1.807) is 0 Å². The summed E-state index contributed by atoms with van der Waals surface area (Å²) in [4.78, 5) is 15.7. The second-order valence-corrected chi connectivity index (χ2v) is 4.17. The Morgan fingerprint density at radius 2 is 2.07 bits per heavy atom. The van der Waals surface area contributed by atoms with Gasteiger partial charge in [-0.1, -0.05) is 0 Å². The van der Waals surface area contributed by atoms with Gasteiger partial charge >= 0.3 is 5.97 Å². The molecule has 0 aromatic heterocycles. The van der Waals surface area contributed by atoms with E-state index in [4.69, 9.17) is 0 Å². The lowest BCUT2D eigenvalue weighted by Gasteiger charge is -2.42. The highest BCUT2D eigenvalue weighted by Crippen LogP contribution is 2.15. The minimum Gasteiger partial charge on any atom is -0.469 e. The molecule has 14 heavy (non-hydrogen) atoms. The first-order valence-electron chi connectivity index (χ1n) is 5.02. The molecule has 0 aromatic carbocycles. The summed E-state index contributed by atoms with van der Waals surface area (Å²) in [6.45, 7) is 4.18. The quantitative estimate of drug-likeness (QED) is 0.595. The number of rotatable bonds is 2. The van der Waals surface area contributed by atoms with Crippen molar-refractivity contribution in [2.75, 3.05) is 34.3 Å². The lowest BCUT2D eigenvalue weighted by Crippen LogP contribution is -2.55. The fraction of sp³-hybridized carbons (Fsp3) is 0.900. The first kappa shape index (κ1) is 11.5. The average molecular weight is 200 g/mol. The number of piperazine rings is 1. The van der Waals surface area contributed by atoms with Crippen LogP contribution in [-0.4, -0.2) is 62.1 Å². The molecule has 1 rings (SSSR count). The Morgan fingerprint density at radius 3 is 2.64 bits per heavy atom. The summed E-state index contributed by atoms with van der Waals surface area (Å²) in [6.07, 6.45) is 0.488. The third kappa shape index (κ3) is 2.69. The van der Waals surface area contributed by atoms with Gasteiger partial charge in [0.15, 0.2) is 0 Å². The molecule has 2 unspecified atom stereocenters. The van der Waals surface area contributed by atoms with E-state index in [0.29, 0.717) is 12.5 Å². The highest BCUT2D eigenvalue weighted by Gasteiger charge is 2.29.